The molecule has 1 unspecified atom stereocenters. The highest BCUT2D eigenvalue weighted by atomic mass is 16.5. The number of anilines is 2. The number of furan rings is 1. The highest BCUT2D eigenvalue weighted by Gasteiger charge is 2.20. The minimum Gasteiger partial charge on any atom is -0.497 e. The third kappa shape index (κ3) is 3.37. The van der Waals surface area contributed by atoms with E-state index in [0.29, 0.717) is 11.3 Å². The van der Waals surface area contributed by atoms with Crippen LogP contribution in [-0.2, 0) is 0 Å². The van der Waals surface area contributed by atoms with E-state index in [2.05, 4.69) is 29.3 Å². The molecule has 1 saturated heterocycles. The number of carbonyl (C=O) groups is 1. The summed E-state index contributed by atoms with van der Waals surface area (Å²) in [6.45, 7) is 6.35. The van der Waals surface area contributed by atoms with Crippen molar-refractivity contribution in [1.82, 2.24) is 0 Å². The Bertz CT molecular complexity index is 975. The Labute approximate surface area is 158 Å². The molecule has 0 aliphatic carbocycles. The Morgan fingerprint density at radius 1 is 1.22 bits per heavy atom. The quantitative estimate of drug-likeness (QED) is 0.719. The molecule has 5 nitrogen and oxygen atoms in total. The number of rotatable bonds is 4. The van der Waals surface area contributed by atoms with E-state index in [0.717, 1.165) is 41.4 Å². The number of nitrogens with zero attached hydrogens (tertiary/aromatic N) is 1. The Kier molecular flexibility index (Phi) is 4.52. The van der Waals surface area contributed by atoms with E-state index in [4.69, 9.17) is 9.15 Å². The summed E-state index contributed by atoms with van der Waals surface area (Å²) >= 11 is 0. The van der Waals surface area contributed by atoms with Crippen LogP contribution < -0.4 is 15.0 Å². The Balaban J connectivity index is 1.52. The predicted octanol–water partition coefficient (Wildman–Crippen LogP) is 4.85. The van der Waals surface area contributed by atoms with E-state index in [-0.39, 0.29) is 5.91 Å². The van der Waals surface area contributed by atoms with Crippen molar-refractivity contribution in [3.05, 3.63) is 53.8 Å². The lowest BCUT2D eigenvalue weighted by atomic mass is 10.1. The first-order valence-electron chi connectivity index (χ1n) is 9.28. The molecule has 1 atom stereocenters. The number of carbonyl (C=O) groups excluding carboxylic acids is 1. The van der Waals surface area contributed by atoms with E-state index >= 15 is 0 Å². The molecule has 1 N–H and O–H groups in total. The predicted molar refractivity (Wildman–Crippen MR) is 108 cm³/mol. The summed E-state index contributed by atoms with van der Waals surface area (Å²) in [4.78, 5) is 15.1. The molecule has 140 valence electrons. The second kappa shape index (κ2) is 6.99. The molecule has 1 fully saturated rings. The lowest BCUT2D eigenvalue weighted by Gasteiger charge is -2.18. The van der Waals surface area contributed by atoms with Crippen LogP contribution in [-0.4, -0.2) is 26.1 Å². The molecule has 1 aliphatic heterocycles. The summed E-state index contributed by atoms with van der Waals surface area (Å²) in [5.74, 6) is 1.56. The summed E-state index contributed by atoms with van der Waals surface area (Å²) in [5, 5.41) is 3.82. The standard InChI is InChI=1S/C22H24N2O3/c1-14-10-11-24(13-14)17-6-4-16(5-7-17)23-22(25)21-15(2)19-12-18(26-3)8-9-20(19)27-21/h4-9,12,14H,10-11,13H2,1-3H3,(H,23,25). The van der Waals surface area contributed by atoms with Gasteiger partial charge >= 0.3 is 0 Å². The van der Waals surface area contributed by atoms with Crippen molar-refractivity contribution in [1.29, 1.82) is 0 Å². The van der Waals surface area contributed by atoms with Gasteiger partial charge in [0.25, 0.3) is 5.91 Å². The van der Waals surface area contributed by atoms with E-state index < -0.39 is 0 Å². The zero-order valence-corrected chi connectivity index (χ0v) is 15.9. The van der Waals surface area contributed by atoms with Gasteiger partial charge in [-0.1, -0.05) is 6.92 Å². The fourth-order valence-electron chi connectivity index (χ4n) is 3.66. The van der Waals surface area contributed by atoms with E-state index in [9.17, 15) is 4.79 Å². The molecular weight excluding hydrogens is 340 g/mol. The molecular formula is C22H24N2O3. The van der Waals surface area contributed by atoms with Crippen molar-refractivity contribution in [2.24, 2.45) is 5.92 Å². The van der Waals surface area contributed by atoms with Gasteiger partial charge in [0.1, 0.15) is 11.3 Å². The van der Waals surface area contributed by atoms with Crippen LogP contribution in [0.3, 0.4) is 0 Å². The van der Waals surface area contributed by atoms with Crippen LogP contribution in [0.25, 0.3) is 11.0 Å². The third-order valence-corrected chi connectivity index (χ3v) is 5.26. The molecule has 2 aromatic carbocycles. The van der Waals surface area contributed by atoms with E-state index in [1.807, 2.05) is 37.3 Å². The van der Waals surface area contributed by atoms with Crippen LogP contribution in [0.5, 0.6) is 5.75 Å². The van der Waals surface area contributed by atoms with Gasteiger partial charge in [0.2, 0.25) is 0 Å². The Hall–Kier alpha value is -2.95. The molecule has 0 radical (unpaired) electrons. The number of ether oxygens (including phenoxy) is 1. The zero-order valence-electron chi connectivity index (χ0n) is 15.9. The molecule has 4 rings (SSSR count). The molecule has 3 aromatic rings. The van der Waals surface area contributed by atoms with E-state index in [1.54, 1.807) is 7.11 Å². The molecule has 0 spiro atoms. The number of fused-ring (bicyclic) bond motifs is 1. The number of amides is 1. The number of nitrogens with one attached hydrogen (secondary N) is 1. The molecule has 0 saturated carbocycles. The molecule has 5 heteroatoms. The SMILES string of the molecule is COc1ccc2oc(C(=O)Nc3ccc(N4CCC(C)C4)cc3)c(C)c2c1. The second-order valence-corrected chi connectivity index (χ2v) is 7.26. The van der Waals surface area contributed by atoms with Gasteiger partial charge in [-0.25, -0.2) is 0 Å². The van der Waals surface area contributed by atoms with Crippen LogP contribution in [0.15, 0.2) is 46.9 Å². The largest absolute Gasteiger partial charge is 0.497 e. The Morgan fingerprint density at radius 3 is 2.67 bits per heavy atom. The third-order valence-electron chi connectivity index (χ3n) is 5.26. The number of hydrogen-bond acceptors (Lipinski definition) is 4. The number of benzene rings is 2. The molecule has 0 bridgehead atoms. The first-order valence-corrected chi connectivity index (χ1v) is 9.28. The smallest absolute Gasteiger partial charge is 0.291 e. The zero-order chi connectivity index (χ0) is 19.0. The number of hydrogen-bond donors (Lipinski definition) is 1. The molecule has 27 heavy (non-hydrogen) atoms. The van der Waals surface area contributed by atoms with Crippen LogP contribution in [0.1, 0.15) is 29.5 Å². The summed E-state index contributed by atoms with van der Waals surface area (Å²) in [5.41, 5.74) is 3.44. The van der Waals surface area contributed by atoms with Gasteiger partial charge in [0, 0.05) is 35.4 Å². The average molecular weight is 364 g/mol. The first kappa shape index (κ1) is 17.5. The van der Waals surface area contributed by atoms with Crippen molar-refractivity contribution < 1.29 is 13.9 Å². The van der Waals surface area contributed by atoms with Crippen molar-refractivity contribution in [2.45, 2.75) is 20.3 Å². The molecule has 1 aromatic heterocycles. The maximum atomic E-state index is 12.7. The molecule has 2 heterocycles. The summed E-state index contributed by atoms with van der Waals surface area (Å²) in [6.07, 6.45) is 1.23. The van der Waals surface area contributed by atoms with Gasteiger partial charge in [-0.15, -0.1) is 0 Å². The monoisotopic (exact) mass is 364 g/mol. The Morgan fingerprint density at radius 2 is 2.00 bits per heavy atom. The van der Waals surface area contributed by atoms with Gasteiger partial charge in [0.15, 0.2) is 5.76 Å². The maximum absolute atomic E-state index is 12.7. The van der Waals surface area contributed by atoms with Gasteiger partial charge in [-0.05, 0) is 61.7 Å². The van der Waals surface area contributed by atoms with E-state index in [1.165, 1.54) is 12.1 Å². The lowest BCUT2D eigenvalue weighted by Crippen LogP contribution is -2.19. The van der Waals surface area contributed by atoms with Crippen LogP contribution in [0, 0.1) is 12.8 Å². The minimum absolute atomic E-state index is 0.245. The highest BCUT2D eigenvalue weighted by molar-refractivity contribution is 6.06. The van der Waals surface area contributed by atoms with Crippen LogP contribution in [0.2, 0.25) is 0 Å². The van der Waals surface area contributed by atoms with Gasteiger partial charge in [0.05, 0.1) is 7.11 Å². The maximum Gasteiger partial charge on any atom is 0.291 e. The fourth-order valence-corrected chi connectivity index (χ4v) is 3.66. The summed E-state index contributed by atoms with van der Waals surface area (Å²) in [6, 6.07) is 13.5. The van der Waals surface area contributed by atoms with Crippen molar-refractivity contribution >= 4 is 28.3 Å². The first-order chi connectivity index (χ1) is 13.0. The van der Waals surface area contributed by atoms with Gasteiger partial charge < -0.3 is 19.4 Å². The highest BCUT2D eigenvalue weighted by Crippen LogP contribution is 2.30. The number of methoxy groups -OCH3 is 1. The lowest BCUT2D eigenvalue weighted by molar-refractivity contribution is 0.0998. The molecule has 1 amide bonds. The van der Waals surface area contributed by atoms with Crippen molar-refractivity contribution in [3.8, 4) is 5.75 Å². The topological polar surface area (TPSA) is 54.7 Å². The fraction of sp³-hybridized carbons (Fsp3) is 0.318. The summed E-state index contributed by atoms with van der Waals surface area (Å²) < 4.78 is 11.0. The van der Waals surface area contributed by atoms with Crippen molar-refractivity contribution in [3.63, 3.8) is 0 Å². The molecule has 1 aliphatic rings. The average Bonchev–Trinajstić information content (AvgIpc) is 3.26. The van der Waals surface area contributed by atoms with Crippen LogP contribution >= 0.6 is 0 Å². The number of aryl methyl sites for hydroxylation is 1. The van der Waals surface area contributed by atoms with Crippen molar-refractivity contribution in [2.75, 3.05) is 30.4 Å². The second-order valence-electron chi connectivity index (χ2n) is 7.26. The van der Waals surface area contributed by atoms with Gasteiger partial charge in [-0.3, -0.25) is 4.79 Å². The normalized spacial score (nSPS) is 16.7. The summed E-state index contributed by atoms with van der Waals surface area (Å²) in [7, 11) is 1.62. The van der Waals surface area contributed by atoms with Gasteiger partial charge in [-0.2, -0.15) is 0 Å². The van der Waals surface area contributed by atoms with Crippen LogP contribution in [0.4, 0.5) is 11.4 Å². The minimum atomic E-state index is -0.245.